The molecule has 0 aromatic carbocycles. The quantitative estimate of drug-likeness (QED) is 0.720. The molecule has 2 bridgehead atoms. The molecule has 5 nitrogen and oxygen atoms in total. The highest BCUT2D eigenvalue weighted by Gasteiger charge is 2.52. The third kappa shape index (κ3) is 2.22. The van der Waals surface area contributed by atoms with E-state index in [1.54, 1.807) is 0 Å². The summed E-state index contributed by atoms with van der Waals surface area (Å²) in [5.41, 5.74) is -0.337. The largest absolute Gasteiger partial charge is 0.481 e. The molecule has 5 heteroatoms. The van der Waals surface area contributed by atoms with Crippen LogP contribution in [0.5, 0.6) is 0 Å². The number of carbonyl (C=O) groups is 2. The molecule has 3 fully saturated rings. The molecule has 0 spiro atoms. The second-order valence-corrected chi connectivity index (χ2v) is 7.01. The molecule has 112 valence electrons. The first kappa shape index (κ1) is 13.9. The van der Waals surface area contributed by atoms with Gasteiger partial charge in [0.1, 0.15) is 0 Å². The monoisotopic (exact) mass is 280 g/mol. The fourth-order valence-corrected chi connectivity index (χ4v) is 4.39. The van der Waals surface area contributed by atoms with Crippen LogP contribution in [0, 0.1) is 23.2 Å². The summed E-state index contributed by atoms with van der Waals surface area (Å²) in [6, 6.07) is -0.148. The number of hydrogen-bond acceptors (Lipinski definition) is 3. The van der Waals surface area contributed by atoms with Crippen LogP contribution in [-0.2, 0) is 9.59 Å². The minimum Gasteiger partial charge on any atom is -0.481 e. The molecular weight excluding hydrogens is 256 g/mol. The highest BCUT2D eigenvalue weighted by molar-refractivity contribution is 5.84. The van der Waals surface area contributed by atoms with Gasteiger partial charge in [0.05, 0.1) is 5.92 Å². The Morgan fingerprint density at radius 2 is 1.85 bits per heavy atom. The van der Waals surface area contributed by atoms with Crippen LogP contribution in [0.3, 0.4) is 0 Å². The van der Waals surface area contributed by atoms with Gasteiger partial charge < -0.3 is 15.7 Å². The summed E-state index contributed by atoms with van der Waals surface area (Å²) in [4.78, 5) is 24.1. The van der Waals surface area contributed by atoms with E-state index in [-0.39, 0.29) is 29.2 Å². The predicted molar refractivity (Wildman–Crippen MR) is 74.1 cm³/mol. The van der Waals surface area contributed by atoms with Crippen molar-refractivity contribution >= 4 is 11.9 Å². The van der Waals surface area contributed by atoms with Crippen LogP contribution < -0.4 is 10.6 Å². The number of rotatable bonds is 3. The molecule has 3 N–H and O–H groups in total. The van der Waals surface area contributed by atoms with Crippen molar-refractivity contribution in [3.8, 4) is 0 Å². The number of carboxylic acids is 1. The van der Waals surface area contributed by atoms with Crippen LogP contribution in [0.15, 0.2) is 0 Å². The number of carbonyl (C=O) groups excluding carboxylic acids is 1. The first-order valence-corrected chi connectivity index (χ1v) is 7.76. The van der Waals surface area contributed by atoms with Crippen LogP contribution in [0.2, 0.25) is 0 Å². The van der Waals surface area contributed by atoms with E-state index in [0.29, 0.717) is 5.92 Å². The predicted octanol–water partition coefficient (Wildman–Crippen LogP) is 0.992. The summed E-state index contributed by atoms with van der Waals surface area (Å²) in [5.74, 6) is -0.414. The van der Waals surface area contributed by atoms with Crippen LogP contribution in [0.25, 0.3) is 0 Å². The van der Waals surface area contributed by atoms with Gasteiger partial charge in [-0.2, -0.15) is 0 Å². The first-order valence-electron chi connectivity index (χ1n) is 7.76. The van der Waals surface area contributed by atoms with E-state index in [9.17, 15) is 14.7 Å². The van der Waals surface area contributed by atoms with Crippen molar-refractivity contribution in [2.45, 2.75) is 45.1 Å². The summed E-state index contributed by atoms with van der Waals surface area (Å²) >= 11 is 0. The Morgan fingerprint density at radius 1 is 1.20 bits per heavy atom. The Balaban J connectivity index is 1.70. The molecule has 0 aromatic heterocycles. The fraction of sp³-hybridized carbons (Fsp3) is 0.867. The van der Waals surface area contributed by atoms with E-state index in [2.05, 4.69) is 10.6 Å². The number of nitrogens with one attached hydrogen (secondary N) is 2. The minimum atomic E-state index is -0.738. The van der Waals surface area contributed by atoms with Crippen molar-refractivity contribution in [2.75, 3.05) is 13.1 Å². The summed E-state index contributed by atoms with van der Waals surface area (Å²) < 4.78 is 0. The minimum absolute atomic E-state index is 0.0581. The van der Waals surface area contributed by atoms with Crippen LogP contribution in [0.1, 0.15) is 39.0 Å². The maximum atomic E-state index is 12.6. The van der Waals surface area contributed by atoms with Crippen molar-refractivity contribution in [1.82, 2.24) is 10.6 Å². The van der Waals surface area contributed by atoms with Crippen LogP contribution in [-0.4, -0.2) is 36.1 Å². The molecular formula is C15H24N2O3. The summed E-state index contributed by atoms with van der Waals surface area (Å²) in [6.07, 6.45) is 4.71. The van der Waals surface area contributed by atoms with Gasteiger partial charge in [0.25, 0.3) is 0 Å². The van der Waals surface area contributed by atoms with Crippen molar-refractivity contribution < 1.29 is 14.7 Å². The summed E-state index contributed by atoms with van der Waals surface area (Å²) in [5, 5.41) is 15.8. The maximum Gasteiger partial charge on any atom is 0.308 e. The number of piperidine rings is 1. The molecule has 2 saturated carbocycles. The number of amides is 1. The average molecular weight is 280 g/mol. The lowest BCUT2D eigenvalue weighted by atomic mass is 9.78. The molecule has 4 atom stereocenters. The smallest absolute Gasteiger partial charge is 0.308 e. The normalized spacial score (nSPS) is 38.6. The lowest BCUT2D eigenvalue weighted by molar-refractivity contribution is -0.145. The van der Waals surface area contributed by atoms with Crippen LogP contribution >= 0.6 is 0 Å². The Kier molecular flexibility index (Phi) is 3.48. The molecule has 1 amide bonds. The molecule has 0 aromatic rings. The van der Waals surface area contributed by atoms with Crippen molar-refractivity contribution in [3.63, 3.8) is 0 Å². The molecule has 1 saturated heterocycles. The van der Waals surface area contributed by atoms with Gasteiger partial charge in [0.2, 0.25) is 5.91 Å². The molecule has 2 aliphatic carbocycles. The number of carboxylic acid groups (broad SMARTS) is 1. The summed E-state index contributed by atoms with van der Waals surface area (Å²) in [6.45, 7) is 3.73. The molecule has 1 aliphatic heterocycles. The van der Waals surface area contributed by atoms with E-state index < -0.39 is 5.97 Å². The van der Waals surface area contributed by atoms with Gasteiger partial charge in [0.15, 0.2) is 0 Å². The van der Waals surface area contributed by atoms with Gasteiger partial charge in [-0.3, -0.25) is 9.59 Å². The zero-order valence-electron chi connectivity index (χ0n) is 12.0. The van der Waals surface area contributed by atoms with Gasteiger partial charge in [-0.25, -0.2) is 0 Å². The zero-order chi connectivity index (χ0) is 14.3. The van der Waals surface area contributed by atoms with Gasteiger partial charge in [-0.1, -0.05) is 6.92 Å². The topological polar surface area (TPSA) is 78.4 Å². The molecule has 4 unspecified atom stereocenters. The number of hydrogen-bond donors (Lipinski definition) is 3. The average Bonchev–Trinajstić information content (AvgIpc) is 3.00. The lowest BCUT2D eigenvalue weighted by Crippen LogP contribution is -2.53. The van der Waals surface area contributed by atoms with Gasteiger partial charge in [-0.05, 0) is 57.0 Å². The van der Waals surface area contributed by atoms with E-state index in [1.165, 1.54) is 0 Å². The molecule has 1 heterocycles. The Hall–Kier alpha value is -1.10. The third-order valence-electron chi connectivity index (χ3n) is 5.75. The molecule has 0 radical (unpaired) electrons. The standard InChI is InChI=1S/C15H24N2O3/c1-15(4-6-16-7-5-15)14(20)17-12-10-3-2-9(8-10)11(12)13(18)19/h9-12,16H,2-8H2,1H3,(H,17,20)(H,18,19). The van der Waals surface area contributed by atoms with E-state index in [4.69, 9.17) is 0 Å². The lowest BCUT2D eigenvalue weighted by Gasteiger charge is -2.36. The van der Waals surface area contributed by atoms with Gasteiger partial charge in [-0.15, -0.1) is 0 Å². The summed E-state index contributed by atoms with van der Waals surface area (Å²) in [7, 11) is 0. The second kappa shape index (κ2) is 5.02. The second-order valence-electron chi connectivity index (χ2n) is 7.01. The third-order valence-corrected chi connectivity index (χ3v) is 5.75. The fourth-order valence-electron chi connectivity index (χ4n) is 4.39. The van der Waals surface area contributed by atoms with Crippen LogP contribution in [0.4, 0.5) is 0 Å². The Morgan fingerprint density at radius 3 is 2.50 bits per heavy atom. The van der Waals surface area contributed by atoms with Crippen molar-refractivity contribution in [3.05, 3.63) is 0 Å². The molecule has 20 heavy (non-hydrogen) atoms. The van der Waals surface area contributed by atoms with E-state index in [1.807, 2.05) is 6.92 Å². The maximum absolute atomic E-state index is 12.6. The molecule has 3 aliphatic rings. The molecule has 3 rings (SSSR count). The zero-order valence-corrected chi connectivity index (χ0v) is 12.0. The van der Waals surface area contributed by atoms with E-state index >= 15 is 0 Å². The highest BCUT2D eigenvalue weighted by atomic mass is 16.4. The Labute approximate surface area is 119 Å². The van der Waals surface area contributed by atoms with Crippen molar-refractivity contribution in [2.24, 2.45) is 23.2 Å². The number of aliphatic carboxylic acids is 1. The Bertz CT molecular complexity index is 417. The van der Waals surface area contributed by atoms with Gasteiger partial charge >= 0.3 is 5.97 Å². The number of fused-ring (bicyclic) bond motifs is 2. The van der Waals surface area contributed by atoms with Gasteiger partial charge in [0, 0.05) is 11.5 Å². The van der Waals surface area contributed by atoms with E-state index in [0.717, 1.165) is 45.2 Å². The SMILES string of the molecule is CC1(C(=O)NC2C3CCC(C3)C2C(=O)O)CCNCC1. The van der Waals surface area contributed by atoms with Crippen molar-refractivity contribution in [1.29, 1.82) is 0 Å². The first-order chi connectivity index (χ1) is 9.51. The highest BCUT2D eigenvalue weighted by Crippen LogP contribution is 2.49.